The highest BCUT2D eigenvalue weighted by atomic mass is 16.1. The van der Waals surface area contributed by atoms with Gasteiger partial charge in [0.25, 0.3) is 0 Å². The highest BCUT2D eigenvalue weighted by Crippen LogP contribution is 2.32. The van der Waals surface area contributed by atoms with E-state index in [1.165, 1.54) is 16.7 Å². The highest BCUT2D eigenvalue weighted by Gasteiger charge is 2.26. The van der Waals surface area contributed by atoms with E-state index in [-0.39, 0.29) is 0 Å². The van der Waals surface area contributed by atoms with Gasteiger partial charge in [-0.2, -0.15) is 0 Å². The van der Waals surface area contributed by atoms with E-state index in [0.29, 0.717) is 18.3 Å². The van der Waals surface area contributed by atoms with E-state index >= 15 is 0 Å². The zero-order chi connectivity index (χ0) is 13.8. The minimum Gasteiger partial charge on any atom is -0.316 e. The number of aldehydes is 1. The zero-order valence-corrected chi connectivity index (χ0v) is 12.0. The van der Waals surface area contributed by atoms with Crippen LogP contribution in [0, 0.1) is 5.92 Å². The van der Waals surface area contributed by atoms with Crippen molar-refractivity contribution in [2.24, 2.45) is 5.92 Å². The lowest BCUT2D eigenvalue weighted by molar-refractivity contribution is -0.108. The number of carbonyl (C=O) groups excluding carboxylic acids is 1. The lowest BCUT2D eigenvalue weighted by atomic mass is 9.79. The number of benzene rings is 1. The Morgan fingerprint density at radius 1 is 1.10 bits per heavy atom. The zero-order valence-electron chi connectivity index (χ0n) is 12.0. The van der Waals surface area contributed by atoms with Gasteiger partial charge < -0.3 is 15.4 Å². The van der Waals surface area contributed by atoms with Gasteiger partial charge in [0.2, 0.25) is 0 Å². The van der Waals surface area contributed by atoms with Gasteiger partial charge in [0, 0.05) is 13.0 Å². The van der Waals surface area contributed by atoms with E-state index in [1.54, 1.807) is 0 Å². The number of hydrogen-bond acceptors (Lipinski definition) is 3. The molecule has 1 saturated heterocycles. The maximum absolute atomic E-state index is 10.9. The van der Waals surface area contributed by atoms with Crippen molar-refractivity contribution in [1.82, 2.24) is 10.6 Å². The number of hydrogen-bond donors (Lipinski definition) is 2. The van der Waals surface area contributed by atoms with E-state index in [1.807, 2.05) is 0 Å². The second-order valence-electron chi connectivity index (χ2n) is 6.04. The SMILES string of the molecule is O=CCC1CCNCC1c1ccc2c(c1)CCNCC2. The fraction of sp³-hybridized carbons (Fsp3) is 0.588. The largest absolute Gasteiger partial charge is 0.316 e. The predicted molar refractivity (Wildman–Crippen MR) is 81.1 cm³/mol. The molecule has 0 spiro atoms. The first-order valence-electron chi connectivity index (χ1n) is 7.85. The van der Waals surface area contributed by atoms with Crippen LogP contribution >= 0.6 is 0 Å². The number of nitrogens with one attached hydrogen (secondary N) is 2. The Morgan fingerprint density at radius 3 is 2.80 bits per heavy atom. The first-order chi connectivity index (χ1) is 9.88. The van der Waals surface area contributed by atoms with E-state index in [9.17, 15) is 4.79 Å². The molecule has 20 heavy (non-hydrogen) atoms. The molecule has 0 aromatic heterocycles. The van der Waals surface area contributed by atoms with Gasteiger partial charge >= 0.3 is 0 Å². The summed E-state index contributed by atoms with van der Waals surface area (Å²) in [4.78, 5) is 10.9. The van der Waals surface area contributed by atoms with Crippen LogP contribution in [0.15, 0.2) is 18.2 Å². The Morgan fingerprint density at radius 2 is 1.95 bits per heavy atom. The summed E-state index contributed by atoms with van der Waals surface area (Å²) in [6.45, 7) is 4.22. The third kappa shape index (κ3) is 2.94. The van der Waals surface area contributed by atoms with Crippen LogP contribution in [0.25, 0.3) is 0 Å². The second-order valence-corrected chi connectivity index (χ2v) is 6.04. The molecule has 0 amide bonds. The van der Waals surface area contributed by atoms with Crippen molar-refractivity contribution in [2.45, 2.75) is 31.6 Å². The molecule has 0 bridgehead atoms. The van der Waals surface area contributed by atoms with Crippen LogP contribution in [-0.4, -0.2) is 32.5 Å². The number of piperidine rings is 1. The molecule has 3 rings (SSSR count). The van der Waals surface area contributed by atoms with Crippen molar-refractivity contribution in [2.75, 3.05) is 26.2 Å². The van der Waals surface area contributed by atoms with Crippen molar-refractivity contribution in [1.29, 1.82) is 0 Å². The molecule has 2 heterocycles. The number of rotatable bonds is 3. The quantitative estimate of drug-likeness (QED) is 0.822. The van der Waals surface area contributed by atoms with Gasteiger partial charge in [-0.05, 0) is 67.4 Å². The topological polar surface area (TPSA) is 41.1 Å². The van der Waals surface area contributed by atoms with Crippen LogP contribution in [-0.2, 0) is 17.6 Å². The van der Waals surface area contributed by atoms with Gasteiger partial charge in [0.15, 0.2) is 0 Å². The highest BCUT2D eigenvalue weighted by molar-refractivity contribution is 5.50. The van der Waals surface area contributed by atoms with Gasteiger partial charge in [-0.3, -0.25) is 0 Å². The van der Waals surface area contributed by atoms with Crippen LogP contribution in [0.1, 0.15) is 35.4 Å². The average Bonchev–Trinajstić information content (AvgIpc) is 2.72. The van der Waals surface area contributed by atoms with Crippen LogP contribution < -0.4 is 10.6 Å². The molecular formula is C17H24N2O. The smallest absolute Gasteiger partial charge is 0.120 e. The molecule has 108 valence electrons. The number of carbonyl (C=O) groups is 1. The van der Waals surface area contributed by atoms with Gasteiger partial charge in [-0.1, -0.05) is 18.2 Å². The maximum Gasteiger partial charge on any atom is 0.120 e. The second kappa shape index (κ2) is 6.51. The summed E-state index contributed by atoms with van der Waals surface area (Å²) in [6.07, 6.45) is 5.17. The van der Waals surface area contributed by atoms with Crippen LogP contribution in [0.2, 0.25) is 0 Å². The molecule has 2 aliphatic heterocycles. The van der Waals surface area contributed by atoms with Gasteiger partial charge in [-0.15, -0.1) is 0 Å². The fourth-order valence-electron chi connectivity index (χ4n) is 3.63. The molecule has 0 radical (unpaired) electrons. The maximum atomic E-state index is 10.9. The van der Waals surface area contributed by atoms with Crippen molar-refractivity contribution in [3.63, 3.8) is 0 Å². The molecule has 0 saturated carbocycles. The third-order valence-corrected chi connectivity index (χ3v) is 4.82. The molecule has 3 heteroatoms. The Kier molecular flexibility index (Phi) is 4.48. The van der Waals surface area contributed by atoms with Crippen LogP contribution in [0.4, 0.5) is 0 Å². The molecule has 1 aromatic carbocycles. The van der Waals surface area contributed by atoms with Crippen molar-refractivity contribution in [3.05, 3.63) is 34.9 Å². The van der Waals surface area contributed by atoms with E-state index in [2.05, 4.69) is 28.8 Å². The predicted octanol–water partition coefficient (Wildman–Crippen LogP) is 1.66. The first kappa shape index (κ1) is 13.8. The van der Waals surface area contributed by atoms with Crippen LogP contribution in [0.5, 0.6) is 0 Å². The average molecular weight is 272 g/mol. The van der Waals surface area contributed by atoms with Crippen molar-refractivity contribution in [3.8, 4) is 0 Å². The van der Waals surface area contributed by atoms with E-state index in [4.69, 9.17) is 0 Å². The lowest BCUT2D eigenvalue weighted by Gasteiger charge is -2.32. The third-order valence-electron chi connectivity index (χ3n) is 4.82. The molecular weight excluding hydrogens is 248 g/mol. The summed E-state index contributed by atoms with van der Waals surface area (Å²) in [6, 6.07) is 7.00. The Bertz CT molecular complexity index is 472. The summed E-state index contributed by atoms with van der Waals surface area (Å²) in [7, 11) is 0. The van der Waals surface area contributed by atoms with Crippen molar-refractivity contribution < 1.29 is 4.79 Å². The summed E-state index contributed by atoms with van der Waals surface area (Å²) < 4.78 is 0. The molecule has 1 aromatic rings. The fourth-order valence-corrected chi connectivity index (χ4v) is 3.63. The Balaban J connectivity index is 1.84. The lowest BCUT2D eigenvalue weighted by Crippen LogP contribution is -2.35. The molecule has 2 aliphatic rings. The summed E-state index contributed by atoms with van der Waals surface area (Å²) in [5, 5.41) is 6.95. The molecule has 2 unspecified atom stereocenters. The number of fused-ring (bicyclic) bond motifs is 1. The standard InChI is InChI=1S/C17H24N2O/c20-10-6-14-4-9-19-12-17(14)16-2-1-13-3-7-18-8-5-15(13)11-16/h1-2,10-11,14,17-19H,3-9,12H2. The minimum atomic E-state index is 0.496. The van der Waals surface area contributed by atoms with Crippen LogP contribution in [0.3, 0.4) is 0 Å². The summed E-state index contributed by atoms with van der Waals surface area (Å²) >= 11 is 0. The molecule has 1 fully saturated rings. The van der Waals surface area contributed by atoms with E-state index < -0.39 is 0 Å². The van der Waals surface area contributed by atoms with Gasteiger partial charge in [-0.25, -0.2) is 0 Å². The summed E-state index contributed by atoms with van der Waals surface area (Å²) in [5.74, 6) is 1.01. The molecule has 0 aliphatic carbocycles. The normalized spacial score (nSPS) is 26.6. The minimum absolute atomic E-state index is 0.496. The van der Waals surface area contributed by atoms with Gasteiger partial charge in [0.1, 0.15) is 6.29 Å². The monoisotopic (exact) mass is 272 g/mol. The van der Waals surface area contributed by atoms with Crippen molar-refractivity contribution >= 4 is 6.29 Å². The molecule has 2 N–H and O–H groups in total. The Labute approximate surface area is 121 Å². The summed E-state index contributed by atoms with van der Waals surface area (Å²) in [5.41, 5.74) is 4.42. The van der Waals surface area contributed by atoms with E-state index in [0.717, 1.165) is 51.7 Å². The van der Waals surface area contributed by atoms with Gasteiger partial charge in [0.05, 0.1) is 0 Å². The molecule has 3 nitrogen and oxygen atoms in total. The molecule has 2 atom stereocenters. The first-order valence-corrected chi connectivity index (χ1v) is 7.85. The Hall–Kier alpha value is -1.19.